The first-order valence-corrected chi connectivity index (χ1v) is 5.25. The lowest BCUT2D eigenvalue weighted by Crippen LogP contribution is -2.02. The first-order valence-electron chi connectivity index (χ1n) is 4.87. The molecule has 0 aliphatic carbocycles. The lowest BCUT2D eigenvalue weighted by Gasteiger charge is -2.10. The zero-order valence-corrected chi connectivity index (χ0v) is 9.48. The summed E-state index contributed by atoms with van der Waals surface area (Å²) >= 11 is 5.93. The van der Waals surface area contributed by atoms with E-state index in [1.165, 1.54) is 12.3 Å². The van der Waals surface area contributed by atoms with Gasteiger partial charge in [-0.25, -0.2) is 4.79 Å². The number of hydrogen-bond acceptors (Lipinski definition) is 3. The number of pyridine rings is 1. The maximum Gasteiger partial charge on any atom is 0.337 e. The number of nitrogens with zero attached hydrogens (tertiary/aromatic N) is 1. The molecule has 4 nitrogen and oxygen atoms in total. The average molecular weight is 249 g/mol. The van der Waals surface area contributed by atoms with Gasteiger partial charge in [-0.1, -0.05) is 23.7 Å². The second-order valence-electron chi connectivity index (χ2n) is 3.33. The summed E-state index contributed by atoms with van der Waals surface area (Å²) in [6.07, 6.45) is 3.07. The number of anilines is 2. The molecular formula is C12H9ClN2O2. The van der Waals surface area contributed by atoms with Crippen molar-refractivity contribution in [1.29, 1.82) is 0 Å². The minimum absolute atomic E-state index is 0.195. The van der Waals surface area contributed by atoms with Crippen LogP contribution in [0.25, 0.3) is 0 Å². The quantitative estimate of drug-likeness (QED) is 0.876. The van der Waals surface area contributed by atoms with Crippen molar-refractivity contribution < 1.29 is 9.90 Å². The van der Waals surface area contributed by atoms with Gasteiger partial charge in [-0.15, -0.1) is 0 Å². The predicted molar refractivity (Wildman–Crippen MR) is 65.9 cm³/mol. The third kappa shape index (κ3) is 2.54. The monoisotopic (exact) mass is 248 g/mol. The lowest BCUT2D eigenvalue weighted by atomic mass is 10.1. The van der Waals surface area contributed by atoms with Crippen LogP contribution < -0.4 is 5.32 Å². The number of carbonyl (C=O) groups is 1. The van der Waals surface area contributed by atoms with Crippen LogP contribution in [0.3, 0.4) is 0 Å². The summed E-state index contributed by atoms with van der Waals surface area (Å²) in [4.78, 5) is 14.9. The van der Waals surface area contributed by atoms with Crippen LogP contribution >= 0.6 is 11.6 Å². The second kappa shape index (κ2) is 4.84. The zero-order valence-electron chi connectivity index (χ0n) is 8.72. The van der Waals surface area contributed by atoms with Crippen molar-refractivity contribution in [2.24, 2.45) is 0 Å². The van der Waals surface area contributed by atoms with Gasteiger partial charge in [0.05, 0.1) is 22.0 Å². The maximum atomic E-state index is 11.0. The van der Waals surface area contributed by atoms with Gasteiger partial charge in [0.15, 0.2) is 0 Å². The number of halogens is 1. The Balaban J connectivity index is 2.37. The molecule has 17 heavy (non-hydrogen) atoms. The van der Waals surface area contributed by atoms with Crippen LogP contribution in [-0.2, 0) is 0 Å². The van der Waals surface area contributed by atoms with Crippen molar-refractivity contribution in [2.75, 3.05) is 5.32 Å². The van der Waals surface area contributed by atoms with Gasteiger partial charge in [-0.3, -0.25) is 4.98 Å². The molecule has 1 aromatic heterocycles. The van der Waals surface area contributed by atoms with E-state index in [9.17, 15) is 4.79 Å². The molecule has 0 saturated carbocycles. The van der Waals surface area contributed by atoms with Crippen molar-refractivity contribution in [1.82, 2.24) is 4.98 Å². The topological polar surface area (TPSA) is 62.2 Å². The minimum Gasteiger partial charge on any atom is -0.478 e. The molecule has 0 bridgehead atoms. The summed E-state index contributed by atoms with van der Waals surface area (Å²) < 4.78 is 0. The molecule has 2 N–H and O–H groups in total. The minimum atomic E-state index is -0.988. The molecule has 0 unspecified atom stereocenters. The van der Waals surface area contributed by atoms with Crippen molar-refractivity contribution in [3.05, 3.63) is 53.3 Å². The van der Waals surface area contributed by atoms with E-state index in [0.717, 1.165) is 0 Å². The number of para-hydroxylation sites is 1. The number of carboxylic acids is 1. The Hall–Kier alpha value is -2.07. The first-order chi connectivity index (χ1) is 8.18. The number of hydrogen-bond donors (Lipinski definition) is 2. The lowest BCUT2D eigenvalue weighted by molar-refractivity contribution is 0.0698. The van der Waals surface area contributed by atoms with E-state index < -0.39 is 5.97 Å². The zero-order chi connectivity index (χ0) is 12.3. The predicted octanol–water partition coefficient (Wildman–Crippen LogP) is 3.18. The van der Waals surface area contributed by atoms with E-state index in [4.69, 9.17) is 16.7 Å². The van der Waals surface area contributed by atoms with Gasteiger partial charge in [0.2, 0.25) is 0 Å². The number of rotatable bonds is 3. The van der Waals surface area contributed by atoms with Gasteiger partial charge in [-0.05, 0) is 18.2 Å². The van der Waals surface area contributed by atoms with Crippen LogP contribution in [-0.4, -0.2) is 16.1 Å². The molecule has 0 fully saturated rings. The highest BCUT2D eigenvalue weighted by molar-refractivity contribution is 6.33. The van der Waals surface area contributed by atoms with Crippen LogP contribution in [0.15, 0.2) is 42.7 Å². The van der Waals surface area contributed by atoms with E-state index >= 15 is 0 Å². The van der Waals surface area contributed by atoms with Crippen LogP contribution in [0.5, 0.6) is 0 Å². The van der Waals surface area contributed by atoms with Gasteiger partial charge < -0.3 is 10.4 Å². The number of aromatic nitrogens is 1. The number of carboxylic acid groups (broad SMARTS) is 1. The van der Waals surface area contributed by atoms with E-state index in [2.05, 4.69) is 10.3 Å². The molecule has 0 spiro atoms. The average Bonchev–Trinajstić information content (AvgIpc) is 2.32. The van der Waals surface area contributed by atoms with Crippen LogP contribution in [0.2, 0.25) is 5.02 Å². The fourth-order valence-corrected chi connectivity index (χ4v) is 1.57. The van der Waals surface area contributed by atoms with Gasteiger partial charge in [0.1, 0.15) is 0 Å². The summed E-state index contributed by atoms with van der Waals surface area (Å²) in [5.41, 5.74) is 1.31. The van der Waals surface area contributed by atoms with E-state index in [1.54, 1.807) is 30.5 Å². The maximum absolute atomic E-state index is 11.0. The van der Waals surface area contributed by atoms with Crippen molar-refractivity contribution in [2.45, 2.75) is 0 Å². The largest absolute Gasteiger partial charge is 0.478 e. The Morgan fingerprint density at radius 1 is 1.24 bits per heavy atom. The fraction of sp³-hybridized carbons (Fsp3) is 0. The van der Waals surface area contributed by atoms with E-state index in [0.29, 0.717) is 16.4 Å². The van der Waals surface area contributed by atoms with Crippen LogP contribution in [0.4, 0.5) is 11.4 Å². The van der Waals surface area contributed by atoms with Gasteiger partial charge in [-0.2, -0.15) is 0 Å². The Morgan fingerprint density at radius 3 is 2.71 bits per heavy atom. The molecular weight excluding hydrogens is 240 g/mol. The fourth-order valence-electron chi connectivity index (χ4n) is 1.40. The molecule has 0 radical (unpaired) electrons. The van der Waals surface area contributed by atoms with Crippen molar-refractivity contribution >= 4 is 28.9 Å². The Labute approximate surface area is 103 Å². The van der Waals surface area contributed by atoms with E-state index in [-0.39, 0.29) is 5.56 Å². The van der Waals surface area contributed by atoms with Crippen molar-refractivity contribution in [3.63, 3.8) is 0 Å². The molecule has 0 aliphatic heterocycles. The molecule has 0 amide bonds. The molecule has 0 atom stereocenters. The highest BCUT2D eigenvalue weighted by atomic mass is 35.5. The van der Waals surface area contributed by atoms with E-state index in [1.807, 2.05) is 0 Å². The number of nitrogens with one attached hydrogen (secondary N) is 1. The molecule has 0 aliphatic rings. The smallest absolute Gasteiger partial charge is 0.337 e. The molecule has 1 aromatic carbocycles. The number of aromatic carboxylic acids is 1. The molecule has 0 saturated heterocycles. The molecule has 2 rings (SSSR count). The third-order valence-electron chi connectivity index (χ3n) is 2.20. The van der Waals surface area contributed by atoms with Gasteiger partial charge >= 0.3 is 5.97 Å². The van der Waals surface area contributed by atoms with Gasteiger partial charge in [0.25, 0.3) is 0 Å². The van der Waals surface area contributed by atoms with Crippen molar-refractivity contribution in [3.8, 4) is 0 Å². The Kier molecular flexibility index (Phi) is 3.25. The summed E-state index contributed by atoms with van der Waals surface area (Å²) in [5.74, 6) is -0.988. The van der Waals surface area contributed by atoms with Crippen LogP contribution in [0, 0.1) is 0 Å². The molecule has 5 heteroatoms. The highest BCUT2D eigenvalue weighted by Crippen LogP contribution is 2.25. The Bertz CT molecular complexity index is 558. The summed E-state index contributed by atoms with van der Waals surface area (Å²) in [5, 5.41) is 12.4. The SMILES string of the molecule is O=C(O)c1ccccc1Nc1ccncc1Cl. The second-order valence-corrected chi connectivity index (χ2v) is 3.74. The number of benzene rings is 1. The molecule has 1 heterocycles. The highest BCUT2D eigenvalue weighted by Gasteiger charge is 2.09. The standard InChI is InChI=1S/C12H9ClN2O2/c13-9-7-14-6-5-11(9)15-10-4-2-1-3-8(10)12(16)17/h1-7H,(H,14,15)(H,16,17). The summed E-state index contributed by atoms with van der Waals surface area (Å²) in [6.45, 7) is 0. The molecule has 2 aromatic rings. The third-order valence-corrected chi connectivity index (χ3v) is 2.50. The van der Waals surface area contributed by atoms with Crippen LogP contribution in [0.1, 0.15) is 10.4 Å². The Morgan fingerprint density at radius 2 is 2.00 bits per heavy atom. The van der Waals surface area contributed by atoms with Gasteiger partial charge in [0, 0.05) is 12.4 Å². The summed E-state index contributed by atoms with van der Waals surface area (Å²) in [6, 6.07) is 8.31. The summed E-state index contributed by atoms with van der Waals surface area (Å²) in [7, 11) is 0. The first kappa shape index (κ1) is 11.4. The normalized spacial score (nSPS) is 9.94. The molecule has 86 valence electrons.